The summed E-state index contributed by atoms with van der Waals surface area (Å²) in [5, 5.41) is 2.26. The van der Waals surface area contributed by atoms with Gasteiger partial charge in [0.1, 0.15) is 5.56 Å². The van der Waals surface area contributed by atoms with E-state index in [1.54, 1.807) is 0 Å². The average Bonchev–Trinajstić information content (AvgIpc) is 2.88. The molecule has 124 valence electrons. The van der Waals surface area contributed by atoms with Crippen LogP contribution in [0, 0.1) is 37.1 Å². The van der Waals surface area contributed by atoms with Crippen LogP contribution in [0.2, 0.25) is 0 Å². The summed E-state index contributed by atoms with van der Waals surface area (Å²) in [7, 11) is 0. The predicted molar refractivity (Wildman–Crippen MR) is 83.3 cm³/mol. The van der Waals surface area contributed by atoms with Gasteiger partial charge < -0.3 is 0 Å². The number of aromatic nitrogens is 1. The zero-order valence-electron chi connectivity index (χ0n) is 12.5. The number of rotatable bonds is 2. The molecule has 0 spiro atoms. The molecule has 24 heavy (non-hydrogen) atoms. The first kappa shape index (κ1) is 16.4. The van der Waals surface area contributed by atoms with Crippen LogP contribution in [-0.2, 0) is 0 Å². The molecule has 0 unspecified atom stereocenters. The van der Waals surface area contributed by atoms with Gasteiger partial charge in [-0.15, -0.1) is 0 Å². The summed E-state index contributed by atoms with van der Waals surface area (Å²) in [6.07, 6.45) is 0. The number of amides is 1. The van der Waals surface area contributed by atoms with E-state index in [-0.39, 0.29) is 11.2 Å². The van der Waals surface area contributed by atoms with Gasteiger partial charge in [-0.25, -0.2) is 22.5 Å². The van der Waals surface area contributed by atoms with Crippen molar-refractivity contribution < 1.29 is 22.4 Å². The molecule has 3 nitrogen and oxygen atoms in total. The van der Waals surface area contributed by atoms with E-state index >= 15 is 0 Å². The molecule has 0 saturated carbocycles. The summed E-state index contributed by atoms with van der Waals surface area (Å²) in [5.41, 5.74) is 1.17. The van der Waals surface area contributed by atoms with Gasteiger partial charge in [-0.05, 0) is 31.0 Å². The lowest BCUT2D eigenvalue weighted by molar-refractivity contribution is 0.101. The van der Waals surface area contributed by atoms with Gasteiger partial charge in [0, 0.05) is 6.07 Å². The fourth-order valence-electron chi connectivity index (χ4n) is 2.36. The second kappa shape index (κ2) is 5.86. The Labute approximate surface area is 137 Å². The zero-order valence-corrected chi connectivity index (χ0v) is 13.3. The second-order valence-corrected chi connectivity index (χ2v) is 6.28. The maximum Gasteiger partial charge on any atom is 0.263 e. The molecule has 1 N–H and O–H groups in total. The van der Waals surface area contributed by atoms with Crippen molar-refractivity contribution in [2.24, 2.45) is 0 Å². The SMILES string of the molecule is Cc1cc(C)c2nc(NC(=O)c3c(F)c(F)cc(F)c3F)sc2c1. The Hall–Kier alpha value is -2.48. The van der Waals surface area contributed by atoms with Gasteiger partial charge in [0.15, 0.2) is 28.4 Å². The van der Waals surface area contributed by atoms with Crippen LogP contribution in [0.25, 0.3) is 10.2 Å². The van der Waals surface area contributed by atoms with E-state index in [4.69, 9.17) is 0 Å². The van der Waals surface area contributed by atoms with Crippen molar-refractivity contribution >= 4 is 32.6 Å². The van der Waals surface area contributed by atoms with Crippen LogP contribution in [0.4, 0.5) is 22.7 Å². The molecule has 1 aromatic heterocycles. The Morgan fingerprint density at radius 1 is 1.04 bits per heavy atom. The highest BCUT2D eigenvalue weighted by Crippen LogP contribution is 2.30. The molecule has 0 saturated heterocycles. The minimum atomic E-state index is -1.75. The van der Waals surface area contributed by atoms with Crippen LogP contribution >= 0.6 is 11.3 Å². The molecule has 0 fully saturated rings. The van der Waals surface area contributed by atoms with Crippen molar-refractivity contribution in [3.8, 4) is 0 Å². The molecule has 8 heteroatoms. The smallest absolute Gasteiger partial charge is 0.263 e. The Morgan fingerprint density at radius 2 is 1.67 bits per heavy atom. The minimum Gasteiger partial charge on any atom is -0.298 e. The van der Waals surface area contributed by atoms with Gasteiger partial charge in [-0.1, -0.05) is 17.4 Å². The molecular formula is C16H10F4N2OS. The van der Waals surface area contributed by atoms with Crippen molar-refractivity contribution in [2.75, 3.05) is 5.32 Å². The van der Waals surface area contributed by atoms with E-state index in [1.165, 1.54) is 0 Å². The van der Waals surface area contributed by atoms with Crippen molar-refractivity contribution in [1.29, 1.82) is 0 Å². The molecule has 3 aromatic rings. The first-order chi connectivity index (χ1) is 11.3. The molecule has 2 aromatic carbocycles. The Morgan fingerprint density at radius 3 is 2.29 bits per heavy atom. The van der Waals surface area contributed by atoms with Crippen LogP contribution < -0.4 is 5.32 Å². The van der Waals surface area contributed by atoms with E-state index in [1.807, 2.05) is 26.0 Å². The third kappa shape index (κ3) is 2.73. The second-order valence-electron chi connectivity index (χ2n) is 5.24. The molecule has 0 aliphatic heterocycles. The molecule has 3 rings (SSSR count). The van der Waals surface area contributed by atoms with Crippen LogP contribution in [0.5, 0.6) is 0 Å². The standard InChI is InChI=1S/C16H10F4N2OS/c1-6-3-7(2)14-10(4-6)24-16(21-14)22-15(23)11-12(19)8(17)5-9(18)13(11)20/h3-5H,1-2H3,(H,21,22,23). The molecule has 0 aliphatic rings. The van der Waals surface area contributed by atoms with Gasteiger partial charge in [-0.2, -0.15) is 0 Å². The highest BCUT2D eigenvalue weighted by Gasteiger charge is 2.25. The van der Waals surface area contributed by atoms with E-state index in [0.717, 1.165) is 27.2 Å². The maximum atomic E-state index is 13.7. The lowest BCUT2D eigenvalue weighted by Gasteiger charge is -2.06. The number of nitrogens with one attached hydrogen (secondary N) is 1. The third-order valence-electron chi connectivity index (χ3n) is 3.39. The first-order valence-corrected chi connectivity index (χ1v) is 7.61. The summed E-state index contributed by atoms with van der Waals surface area (Å²) in [5.74, 6) is -8.10. The molecular weight excluding hydrogens is 344 g/mol. The van der Waals surface area contributed by atoms with Gasteiger partial charge in [-0.3, -0.25) is 10.1 Å². The van der Waals surface area contributed by atoms with Crippen LogP contribution in [-0.4, -0.2) is 10.9 Å². The van der Waals surface area contributed by atoms with Gasteiger partial charge in [0.25, 0.3) is 5.91 Å². The number of nitrogens with zero attached hydrogens (tertiary/aromatic N) is 1. The minimum absolute atomic E-state index is 0.0469. The normalized spacial score (nSPS) is 11.1. The number of benzene rings is 2. The van der Waals surface area contributed by atoms with E-state index < -0.39 is 34.7 Å². The van der Waals surface area contributed by atoms with Crippen molar-refractivity contribution in [3.05, 3.63) is 58.2 Å². The average molecular weight is 354 g/mol. The van der Waals surface area contributed by atoms with Crippen LogP contribution in [0.1, 0.15) is 21.5 Å². The fraction of sp³-hybridized carbons (Fsp3) is 0.125. The third-order valence-corrected chi connectivity index (χ3v) is 4.31. The van der Waals surface area contributed by atoms with Crippen molar-refractivity contribution in [1.82, 2.24) is 4.98 Å². The van der Waals surface area contributed by atoms with E-state index in [9.17, 15) is 22.4 Å². The number of fused-ring (bicyclic) bond motifs is 1. The quantitative estimate of drug-likeness (QED) is 0.534. The number of anilines is 1. The highest BCUT2D eigenvalue weighted by molar-refractivity contribution is 7.22. The summed E-state index contributed by atoms with van der Waals surface area (Å²) in [6.45, 7) is 3.73. The Bertz CT molecular complexity index is 958. The molecule has 0 bridgehead atoms. The first-order valence-electron chi connectivity index (χ1n) is 6.80. The summed E-state index contributed by atoms with van der Waals surface area (Å²) < 4.78 is 54.5. The topological polar surface area (TPSA) is 42.0 Å². The Balaban J connectivity index is 2.01. The summed E-state index contributed by atoms with van der Waals surface area (Å²) in [4.78, 5) is 16.2. The predicted octanol–water partition coefficient (Wildman–Crippen LogP) is 4.72. The summed E-state index contributed by atoms with van der Waals surface area (Å²) in [6, 6.07) is 3.79. The van der Waals surface area contributed by atoms with Gasteiger partial charge in [0.05, 0.1) is 10.2 Å². The monoisotopic (exact) mass is 354 g/mol. The molecule has 1 heterocycles. The lowest BCUT2D eigenvalue weighted by atomic mass is 10.1. The van der Waals surface area contributed by atoms with Crippen LogP contribution in [0.3, 0.4) is 0 Å². The van der Waals surface area contributed by atoms with Gasteiger partial charge in [0.2, 0.25) is 0 Å². The zero-order chi connectivity index (χ0) is 17.6. The number of thiazole rings is 1. The largest absolute Gasteiger partial charge is 0.298 e. The van der Waals surface area contributed by atoms with E-state index in [2.05, 4.69) is 10.3 Å². The molecule has 0 radical (unpaired) electrons. The lowest BCUT2D eigenvalue weighted by Crippen LogP contribution is -2.17. The fourth-order valence-corrected chi connectivity index (χ4v) is 3.39. The number of hydrogen-bond acceptors (Lipinski definition) is 3. The summed E-state index contributed by atoms with van der Waals surface area (Å²) >= 11 is 1.09. The number of aryl methyl sites for hydroxylation is 2. The van der Waals surface area contributed by atoms with Gasteiger partial charge >= 0.3 is 0 Å². The van der Waals surface area contributed by atoms with E-state index in [0.29, 0.717) is 5.52 Å². The number of halogens is 4. The van der Waals surface area contributed by atoms with Crippen molar-refractivity contribution in [2.45, 2.75) is 13.8 Å². The number of carbonyl (C=O) groups excluding carboxylic acids is 1. The van der Waals surface area contributed by atoms with Crippen molar-refractivity contribution in [3.63, 3.8) is 0 Å². The molecule has 1 amide bonds. The highest BCUT2D eigenvalue weighted by atomic mass is 32.1. The number of carbonyl (C=O) groups is 1. The van der Waals surface area contributed by atoms with Crippen LogP contribution in [0.15, 0.2) is 18.2 Å². The number of hydrogen-bond donors (Lipinski definition) is 1. The maximum absolute atomic E-state index is 13.7. The molecule has 0 aliphatic carbocycles. The molecule has 0 atom stereocenters. The Kier molecular flexibility index (Phi) is 4.00.